The second-order valence-electron chi connectivity index (χ2n) is 4.62. The molecule has 1 saturated heterocycles. The fourth-order valence-electron chi connectivity index (χ4n) is 2.00. The molecule has 1 fully saturated rings. The molecule has 2 rings (SSSR count). The molecule has 1 aromatic rings. The molecule has 0 amide bonds. The van der Waals surface area contributed by atoms with Gasteiger partial charge in [0.2, 0.25) is 0 Å². The molecule has 0 spiro atoms. The van der Waals surface area contributed by atoms with Gasteiger partial charge < -0.3 is 15.8 Å². The molecule has 1 aliphatic heterocycles. The predicted molar refractivity (Wildman–Crippen MR) is 65.7 cm³/mol. The Labute approximate surface area is 109 Å². The number of aromatic nitrogens is 1. The van der Waals surface area contributed by atoms with Gasteiger partial charge in [0.25, 0.3) is 0 Å². The van der Waals surface area contributed by atoms with Gasteiger partial charge in [0.1, 0.15) is 5.69 Å². The van der Waals surface area contributed by atoms with E-state index in [2.05, 4.69) is 10.3 Å². The van der Waals surface area contributed by atoms with E-state index in [0.717, 1.165) is 31.7 Å². The van der Waals surface area contributed by atoms with Crippen LogP contribution in [0.15, 0.2) is 12.3 Å². The summed E-state index contributed by atoms with van der Waals surface area (Å²) in [5.41, 5.74) is 5.17. The maximum absolute atomic E-state index is 12.5. The number of ether oxygens (including phenoxy) is 1. The molecule has 2 heterocycles. The molecule has 106 valence electrons. The third-order valence-corrected chi connectivity index (χ3v) is 3.06. The van der Waals surface area contributed by atoms with Gasteiger partial charge in [0.05, 0.1) is 24.2 Å². The van der Waals surface area contributed by atoms with Crippen LogP contribution in [-0.4, -0.2) is 24.7 Å². The fourth-order valence-corrected chi connectivity index (χ4v) is 2.00. The monoisotopic (exact) mass is 275 g/mol. The van der Waals surface area contributed by atoms with Crippen molar-refractivity contribution in [2.75, 3.05) is 30.8 Å². The van der Waals surface area contributed by atoms with Crippen LogP contribution in [0.5, 0.6) is 0 Å². The van der Waals surface area contributed by atoms with E-state index >= 15 is 0 Å². The molecule has 1 aromatic heterocycles. The molecular formula is C12H16F3N3O. The average molecular weight is 275 g/mol. The number of nitrogens with zero attached hydrogens (tertiary/aromatic N) is 1. The summed E-state index contributed by atoms with van der Waals surface area (Å²) in [6.45, 7) is 1.93. The summed E-state index contributed by atoms with van der Waals surface area (Å²) < 4.78 is 42.9. The van der Waals surface area contributed by atoms with Crippen molar-refractivity contribution in [3.8, 4) is 0 Å². The quantitative estimate of drug-likeness (QED) is 0.890. The van der Waals surface area contributed by atoms with Gasteiger partial charge in [-0.3, -0.25) is 0 Å². The fraction of sp³-hybridized carbons (Fsp3) is 0.583. The SMILES string of the molecule is Nc1cnc(C(F)(F)F)cc1NCC1CCCOC1. The van der Waals surface area contributed by atoms with Crippen molar-refractivity contribution in [2.45, 2.75) is 19.0 Å². The van der Waals surface area contributed by atoms with Crippen molar-refractivity contribution in [3.63, 3.8) is 0 Å². The Kier molecular flexibility index (Phi) is 4.14. The van der Waals surface area contributed by atoms with Crippen LogP contribution in [0.2, 0.25) is 0 Å². The lowest BCUT2D eigenvalue weighted by Crippen LogP contribution is -2.24. The van der Waals surface area contributed by atoms with E-state index in [1.807, 2.05) is 0 Å². The second kappa shape index (κ2) is 5.64. The summed E-state index contributed by atoms with van der Waals surface area (Å²) >= 11 is 0. The number of nitrogens with two attached hydrogens (primary N) is 1. The standard InChI is InChI=1S/C12H16F3N3O/c13-12(14,15)11-4-10(9(16)6-18-11)17-5-8-2-1-3-19-7-8/h4,6,8H,1-3,5,7,16H2,(H,17,18). The van der Waals surface area contributed by atoms with Crippen LogP contribution in [0.3, 0.4) is 0 Å². The molecule has 4 nitrogen and oxygen atoms in total. The minimum absolute atomic E-state index is 0.213. The van der Waals surface area contributed by atoms with E-state index in [9.17, 15) is 13.2 Å². The summed E-state index contributed by atoms with van der Waals surface area (Å²) in [4.78, 5) is 3.29. The molecule has 0 bridgehead atoms. The molecular weight excluding hydrogens is 259 g/mol. The first-order valence-corrected chi connectivity index (χ1v) is 6.11. The van der Waals surface area contributed by atoms with Gasteiger partial charge in [-0.05, 0) is 24.8 Å². The first-order chi connectivity index (χ1) is 8.97. The molecule has 0 saturated carbocycles. The van der Waals surface area contributed by atoms with E-state index in [0.29, 0.717) is 19.1 Å². The van der Waals surface area contributed by atoms with Gasteiger partial charge in [-0.15, -0.1) is 0 Å². The van der Waals surface area contributed by atoms with Gasteiger partial charge in [-0.2, -0.15) is 13.2 Å². The molecule has 1 atom stereocenters. The average Bonchev–Trinajstić information content (AvgIpc) is 2.37. The van der Waals surface area contributed by atoms with Crippen molar-refractivity contribution >= 4 is 11.4 Å². The van der Waals surface area contributed by atoms with Crippen LogP contribution in [-0.2, 0) is 10.9 Å². The second-order valence-corrected chi connectivity index (χ2v) is 4.62. The van der Waals surface area contributed by atoms with Crippen LogP contribution in [0.4, 0.5) is 24.5 Å². The van der Waals surface area contributed by atoms with Crippen LogP contribution >= 0.6 is 0 Å². The summed E-state index contributed by atoms with van der Waals surface area (Å²) in [6.07, 6.45) is -1.45. The molecule has 3 N–H and O–H groups in total. The maximum atomic E-state index is 12.5. The number of halogens is 3. The van der Waals surface area contributed by atoms with Crippen molar-refractivity contribution in [1.29, 1.82) is 0 Å². The normalized spacial score (nSPS) is 20.3. The Morgan fingerprint density at radius 2 is 2.26 bits per heavy atom. The van der Waals surface area contributed by atoms with E-state index < -0.39 is 11.9 Å². The Balaban J connectivity index is 2.02. The molecule has 1 unspecified atom stereocenters. The first kappa shape index (κ1) is 13.9. The van der Waals surface area contributed by atoms with E-state index in [1.54, 1.807) is 0 Å². The highest BCUT2D eigenvalue weighted by Gasteiger charge is 2.33. The molecule has 0 radical (unpaired) electrons. The van der Waals surface area contributed by atoms with E-state index in [4.69, 9.17) is 10.5 Å². The highest BCUT2D eigenvalue weighted by Crippen LogP contribution is 2.31. The molecule has 1 aliphatic rings. The van der Waals surface area contributed by atoms with E-state index in [1.165, 1.54) is 0 Å². The highest BCUT2D eigenvalue weighted by molar-refractivity contribution is 5.65. The Bertz CT molecular complexity index is 431. The predicted octanol–water partition coefficient (Wildman–Crippen LogP) is 2.52. The lowest BCUT2D eigenvalue weighted by molar-refractivity contribution is -0.141. The molecule has 7 heteroatoms. The largest absolute Gasteiger partial charge is 0.433 e. The summed E-state index contributed by atoms with van der Waals surface area (Å²) in [5.74, 6) is 0.302. The molecule has 0 aliphatic carbocycles. The lowest BCUT2D eigenvalue weighted by atomic mass is 10.0. The summed E-state index contributed by atoms with van der Waals surface area (Å²) in [6, 6.07) is 0.943. The van der Waals surface area contributed by atoms with Crippen molar-refractivity contribution in [2.24, 2.45) is 5.92 Å². The van der Waals surface area contributed by atoms with Crippen molar-refractivity contribution in [3.05, 3.63) is 18.0 Å². The zero-order valence-corrected chi connectivity index (χ0v) is 10.3. The number of rotatable bonds is 3. The van der Waals surface area contributed by atoms with Gasteiger partial charge >= 0.3 is 6.18 Å². The number of anilines is 2. The summed E-state index contributed by atoms with van der Waals surface area (Å²) in [7, 11) is 0. The lowest BCUT2D eigenvalue weighted by Gasteiger charge is -2.23. The van der Waals surface area contributed by atoms with Gasteiger partial charge in [-0.1, -0.05) is 0 Å². The third-order valence-electron chi connectivity index (χ3n) is 3.06. The van der Waals surface area contributed by atoms with Crippen molar-refractivity contribution < 1.29 is 17.9 Å². The van der Waals surface area contributed by atoms with Crippen LogP contribution in [0.25, 0.3) is 0 Å². The Morgan fingerprint density at radius 1 is 1.47 bits per heavy atom. The van der Waals surface area contributed by atoms with Gasteiger partial charge in [0.15, 0.2) is 0 Å². The number of nitrogen functional groups attached to an aromatic ring is 1. The zero-order chi connectivity index (χ0) is 13.9. The topological polar surface area (TPSA) is 60.2 Å². The van der Waals surface area contributed by atoms with Gasteiger partial charge in [0, 0.05) is 13.2 Å². The summed E-state index contributed by atoms with van der Waals surface area (Å²) in [5, 5.41) is 2.95. The number of nitrogens with one attached hydrogen (secondary N) is 1. The number of pyridine rings is 1. The Morgan fingerprint density at radius 3 is 2.89 bits per heavy atom. The molecule has 0 aromatic carbocycles. The third kappa shape index (κ3) is 3.73. The number of hydrogen-bond acceptors (Lipinski definition) is 4. The maximum Gasteiger partial charge on any atom is 0.433 e. The van der Waals surface area contributed by atoms with Gasteiger partial charge in [-0.25, -0.2) is 4.98 Å². The minimum Gasteiger partial charge on any atom is -0.396 e. The molecule has 19 heavy (non-hydrogen) atoms. The van der Waals surface area contributed by atoms with Crippen LogP contribution in [0.1, 0.15) is 18.5 Å². The smallest absolute Gasteiger partial charge is 0.396 e. The first-order valence-electron chi connectivity index (χ1n) is 6.11. The number of alkyl halides is 3. The zero-order valence-electron chi connectivity index (χ0n) is 10.3. The van der Waals surface area contributed by atoms with Crippen molar-refractivity contribution in [1.82, 2.24) is 4.98 Å². The number of hydrogen-bond donors (Lipinski definition) is 2. The van der Waals surface area contributed by atoms with Crippen LogP contribution < -0.4 is 11.1 Å². The highest BCUT2D eigenvalue weighted by atomic mass is 19.4. The van der Waals surface area contributed by atoms with E-state index in [-0.39, 0.29) is 11.4 Å². The minimum atomic E-state index is -4.46. The Hall–Kier alpha value is -1.50. The van der Waals surface area contributed by atoms with Crippen LogP contribution in [0, 0.1) is 5.92 Å².